The first-order chi connectivity index (χ1) is 12.7. The molecule has 1 aromatic carbocycles. The molecule has 2 aromatic rings. The van der Waals surface area contributed by atoms with Gasteiger partial charge in [0.1, 0.15) is 18.1 Å². The van der Waals surface area contributed by atoms with Gasteiger partial charge in [-0.05, 0) is 67.5 Å². The van der Waals surface area contributed by atoms with E-state index >= 15 is 0 Å². The summed E-state index contributed by atoms with van der Waals surface area (Å²) in [6, 6.07) is 10.9. The van der Waals surface area contributed by atoms with Crippen LogP contribution in [0, 0.1) is 0 Å². The minimum absolute atomic E-state index is 0.185. The Morgan fingerprint density at radius 3 is 2.85 bits per heavy atom. The van der Waals surface area contributed by atoms with Crippen molar-refractivity contribution in [2.75, 3.05) is 18.5 Å². The normalized spacial score (nSPS) is 16.5. The van der Waals surface area contributed by atoms with Gasteiger partial charge in [-0.15, -0.1) is 0 Å². The first-order valence-corrected chi connectivity index (χ1v) is 8.78. The molecule has 1 aromatic heterocycles. The Labute approximate surface area is 157 Å². The number of thiocarbonyl (C=S) groups is 1. The molecule has 7 heteroatoms. The predicted octanol–water partition coefficient (Wildman–Crippen LogP) is 3.36. The summed E-state index contributed by atoms with van der Waals surface area (Å²) in [5.74, 6) is 1.02. The predicted molar refractivity (Wildman–Crippen MR) is 103 cm³/mol. The highest BCUT2D eigenvalue weighted by Gasteiger charge is 2.15. The highest BCUT2D eigenvalue weighted by molar-refractivity contribution is 7.80. The summed E-state index contributed by atoms with van der Waals surface area (Å²) in [5.41, 5.74) is 0.759. The van der Waals surface area contributed by atoms with E-state index in [1.807, 2.05) is 24.3 Å². The van der Waals surface area contributed by atoms with Crippen LogP contribution in [0.5, 0.6) is 5.75 Å². The lowest BCUT2D eigenvalue weighted by Gasteiger charge is -2.12. The van der Waals surface area contributed by atoms with Crippen LogP contribution in [0.15, 0.2) is 53.2 Å². The van der Waals surface area contributed by atoms with Crippen LogP contribution in [0.3, 0.4) is 0 Å². The van der Waals surface area contributed by atoms with Crippen molar-refractivity contribution in [2.24, 2.45) is 0 Å². The molecular weight excluding hydrogens is 352 g/mol. The third-order valence-corrected chi connectivity index (χ3v) is 3.96. The van der Waals surface area contributed by atoms with Crippen molar-refractivity contribution >= 4 is 35.0 Å². The van der Waals surface area contributed by atoms with E-state index in [4.69, 9.17) is 26.1 Å². The molecule has 3 rings (SSSR count). The van der Waals surface area contributed by atoms with Crippen molar-refractivity contribution in [1.82, 2.24) is 5.32 Å². The van der Waals surface area contributed by atoms with Crippen molar-refractivity contribution in [3.63, 3.8) is 0 Å². The summed E-state index contributed by atoms with van der Waals surface area (Å²) >= 11 is 5.13. The monoisotopic (exact) mass is 372 g/mol. The van der Waals surface area contributed by atoms with E-state index in [1.54, 1.807) is 18.2 Å². The molecule has 6 nitrogen and oxygen atoms in total. The first kappa shape index (κ1) is 18.2. The van der Waals surface area contributed by atoms with Crippen molar-refractivity contribution in [2.45, 2.75) is 18.9 Å². The molecule has 0 radical (unpaired) electrons. The van der Waals surface area contributed by atoms with Gasteiger partial charge in [-0.1, -0.05) is 0 Å². The molecule has 2 N–H and O–H groups in total. The van der Waals surface area contributed by atoms with E-state index in [1.165, 1.54) is 12.3 Å². The second kappa shape index (κ2) is 9.17. The summed E-state index contributed by atoms with van der Waals surface area (Å²) in [6.45, 7) is 1.37. The van der Waals surface area contributed by atoms with Gasteiger partial charge < -0.3 is 19.2 Å². The SMILES string of the molecule is O=C(/C=C/c1ccco1)NC(=S)Nc1ccc(OC[C@H]2CCCO2)cc1. The Hall–Kier alpha value is -2.64. The van der Waals surface area contributed by atoms with Gasteiger partial charge in [0, 0.05) is 18.4 Å². The first-order valence-electron chi connectivity index (χ1n) is 8.37. The molecule has 136 valence electrons. The number of hydrogen-bond acceptors (Lipinski definition) is 5. The third-order valence-electron chi connectivity index (χ3n) is 3.75. The zero-order valence-electron chi connectivity index (χ0n) is 14.1. The van der Waals surface area contributed by atoms with Crippen molar-refractivity contribution in [1.29, 1.82) is 0 Å². The van der Waals surface area contributed by atoms with Crippen LogP contribution >= 0.6 is 12.2 Å². The van der Waals surface area contributed by atoms with Crippen LogP contribution in [0.25, 0.3) is 6.08 Å². The van der Waals surface area contributed by atoms with E-state index in [2.05, 4.69) is 10.6 Å². The zero-order chi connectivity index (χ0) is 18.2. The smallest absolute Gasteiger partial charge is 0.250 e. The topological polar surface area (TPSA) is 72.7 Å². The largest absolute Gasteiger partial charge is 0.491 e. The van der Waals surface area contributed by atoms with Crippen molar-refractivity contribution in [3.8, 4) is 5.75 Å². The maximum Gasteiger partial charge on any atom is 0.250 e. The Kier molecular flexibility index (Phi) is 6.40. The van der Waals surface area contributed by atoms with Crippen molar-refractivity contribution in [3.05, 3.63) is 54.5 Å². The van der Waals surface area contributed by atoms with Crippen LogP contribution in [0.1, 0.15) is 18.6 Å². The van der Waals surface area contributed by atoms with Gasteiger partial charge in [0.25, 0.3) is 0 Å². The minimum Gasteiger partial charge on any atom is -0.491 e. The molecule has 1 aliphatic heterocycles. The van der Waals surface area contributed by atoms with Crippen molar-refractivity contribution < 1.29 is 18.7 Å². The molecule has 0 unspecified atom stereocenters. The standard InChI is InChI=1S/C19H20N2O4S/c22-18(10-9-15-3-1-11-23-15)21-19(26)20-14-5-7-16(8-6-14)25-13-17-4-2-12-24-17/h1,3,5-11,17H,2,4,12-13H2,(H2,20,21,22,26)/b10-9+/t17-/m1/s1. The Morgan fingerprint density at radius 2 is 2.15 bits per heavy atom. The second-order valence-corrected chi connectivity index (χ2v) is 6.17. The van der Waals surface area contributed by atoms with E-state index < -0.39 is 0 Å². The van der Waals surface area contributed by atoms with Gasteiger partial charge in [-0.25, -0.2) is 0 Å². The van der Waals surface area contributed by atoms with Gasteiger partial charge in [-0.3, -0.25) is 10.1 Å². The number of hydrogen-bond donors (Lipinski definition) is 2. The van der Waals surface area contributed by atoms with Gasteiger partial charge in [0.05, 0.1) is 12.4 Å². The Bertz CT molecular complexity index is 750. The second-order valence-electron chi connectivity index (χ2n) is 5.76. The average molecular weight is 372 g/mol. The molecule has 1 atom stereocenters. The van der Waals surface area contributed by atoms with Crippen LogP contribution < -0.4 is 15.4 Å². The molecule has 26 heavy (non-hydrogen) atoms. The Morgan fingerprint density at radius 1 is 1.31 bits per heavy atom. The number of anilines is 1. The van der Waals surface area contributed by atoms with E-state index in [9.17, 15) is 4.79 Å². The quantitative estimate of drug-likeness (QED) is 0.598. The van der Waals surface area contributed by atoms with E-state index in [0.29, 0.717) is 12.4 Å². The number of benzene rings is 1. The maximum atomic E-state index is 11.8. The molecule has 1 fully saturated rings. The molecule has 0 aliphatic carbocycles. The number of rotatable bonds is 6. The number of carbonyl (C=O) groups excluding carboxylic acids is 1. The molecule has 1 amide bonds. The fourth-order valence-corrected chi connectivity index (χ4v) is 2.68. The molecule has 0 spiro atoms. The van der Waals surface area contributed by atoms with Gasteiger partial charge in [-0.2, -0.15) is 0 Å². The minimum atomic E-state index is -0.338. The lowest BCUT2D eigenvalue weighted by molar-refractivity contribution is -0.115. The lowest BCUT2D eigenvalue weighted by atomic mass is 10.2. The van der Waals surface area contributed by atoms with Gasteiger partial charge in [0.15, 0.2) is 5.11 Å². The van der Waals surface area contributed by atoms with E-state index in [-0.39, 0.29) is 17.1 Å². The summed E-state index contributed by atoms with van der Waals surface area (Å²) in [7, 11) is 0. The summed E-state index contributed by atoms with van der Waals surface area (Å²) < 4.78 is 16.3. The molecule has 1 saturated heterocycles. The maximum absolute atomic E-state index is 11.8. The average Bonchev–Trinajstić information content (AvgIpc) is 3.33. The van der Waals surface area contributed by atoms with E-state index in [0.717, 1.165) is 30.9 Å². The number of amides is 1. The number of ether oxygens (including phenoxy) is 2. The van der Waals surface area contributed by atoms with Crippen LogP contribution in [0.4, 0.5) is 5.69 Å². The molecule has 0 bridgehead atoms. The number of carbonyl (C=O) groups is 1. The Balaban J connectivity index is 1.42. The molecular formula is C19H20N2O4S. The summed E-state index contributed by atoms with van der Waals surface area (Å²) in [4.78, 5) is 11.8. The summed E-state index contributed by atoms with van der Waals surface area (Å²) in [5, 5.41) is 5.74. The number of nitrogens with one attached hydrogen (secondary N) is 2. The number of furan rings is 1. The molecule has 2 heterocycles. The van der Waals surface area contributed by atoms with Gasteiger partial charge >= 0.3 is 0 Å². The molecule has 0 saturated carbocycles. The zero-order valence-corrected chi connectivity index (χ0v) is 15.0. The molecule has 1 aliphatic rings. The van der Waals surface area contributed by atoms with Crippen LogP contribution in [-0.2, 0) is 9.53 Å². The van der Waals surface area contributed by atoms with Crippen LogP contribution in [0.2, 0.25) is 0 Å². The highest BCUT2D eigenvalue weighted by Crippen LogP contribution is 2.18. The lowest BCUT2D eigenvalue weighted by Crippen LogP contribution is -2.32. The van der Waals surface area contributed by atoms with Crippen LogP contribution in [-0.4, -0.2) is 30.3 Å². The third kappa shape index (κ3) is 5.72. The fourth-order valence-electron chi connectivity index (χ4n) is 2.46. The fraction of sp³-hybridized carbons (Fsp3) is 0.263. The highest BCUT2D eigenvalue weighted by atomic mass is 32.1. The van der Waals surface area contributed by atoms with Gasteiger partial charge in [0.2, 0.25) is 5.91 Å². The summed E-state index contributed by atoms with van der Waals surface area (Å²) in [6.07, 6.45) is 6.79.